The molecule has 0 aliphatic rings. The van der Waals surface area contributed by atoms with Gasteiger partial charge in [-0.1, -0.05) is 12.1 Å². The summed E-state index contributed by atoms with van der Waals surface area (Å²) in [5, 5.41) is 13.4. The minimum Gasteiger partial charge on any atom is -0.368 e. The number of hydrogen-bond donors (Lipinski definition) is 3. The van der Waals surface area contributed by atoms with Crippen molar-refractivity contribution in [1.29, 1.82) is 5.26 Å². The van der Waals surface area contributed by atoms with E-state index in [0.29, 0.717) is 5.56 Å². The third kappa shape index (κ3) is 6.44. The first kappa shape index (κ1) is 19.1. The average molecular weight is 334 g/mol. The summed E-state index contributed by atoms with van der Waals surface area (Å²) in [7, 11) is 0. The Hall–Kier alpha value is -2.95. The lowest BCUT2D eigenvalue weighted by Gasteiger charge is -2.21. The van der Waals surface area contributed by atoms with E-state index >= 15 is 0 Å². The maximum absolute atomic E-state index is 13.3. The van der Waals surface area contributed by atoms with Gasteiger partial charge in [-0.05, 0) is 24.1 Å². The smallest absolute Gasteiger partial charge is 0.243 e. The number of nitrogens with zero attached hydrogens (tertiary/aromatic N) is 1. The van der Waals surface area contributed by atoms with Gasteiger partial charge >= 0.3 is 0 Å². The number of carbonyl (C=O) groups excluding carboxylic acids is 3. The monoisotopic (exact) mass is 334 g/mol. The Balaban J connectivity index is 2.85. The highest BCUT2D eigenvalue weighted by Crippen LogP contribution is 2.08. The quantitative estimate of drug-likeness (QED) is 0.625. The summed E-state index contributed by atoms with van der Waals surface area (Å²) in [5.41, 5.74) is 5.71. The lowest BCUT2D eigenvalue weighted by molar-refractivity contribution is -0.130. The van der Waals surface area contributed by atoms with Gasteiger partial charge in [0.2, 0.25) is 17.7 Å². The Morgan fingerprint density at radius 1 is 1.29 bits per heavy atom. The van der Waals surface area contributed by atoms with Gasteiger partial charge in [-0.25, -0.2) is 4.39 Å². The molecule has 2 atom stereocenters. The van der Waals surface area contributed by atoms with Crippen LogP contribution in [-0.4, -0.2) is 29.8 Å². The highest BCUT2D eigenvalue weighted by atomic mass is 19.1. The number of hydrogen-bond acceptors (Lipinski definition) is 4. The van der Waals surface area contributed by atoms with Crippen LogP contribution in [0.2, 0.25) is 0 Å². The van der Waals surface area contributed by atoms with Gasteiger partial charge in [0.1, 0.15) is 17.9 Å². The van der Waals surface area contributed by atoms with Crippen molar-refractivity contribution in [2.45, 2.75) is 38.3 Å². The van der Waals surface area contributed by atoms with E-state index in [9.17, 15) is 18.8 Å². The van der Waals surface area contributed by atoms with E-state index in [1.807, 2.05) is 6.07 Å². The summed E-state index contributed by atoms with van der Waals surface area (Å²) in [6.45, 7) is 1.24. The second kappa shape index (κ2) is 9.25. The number of halogens is 1. The van der Waals surface area contributed by atoms with Gasteiger partial charge < -0.3 is 16.4 Å². The van der Waals surface area contributed by atoms with Crippen molar-refractivity contribution >= 4 is 17.7 Å². The maximum Gasteiger partial charge on any atom is 0.243 e. The molecule has 0 spiro atoms. The lowest BCUT2D eigenvalue weighted by atomic mass is 10.0. The Kier molecular flexibility index (Phi) is 7.36. The number of rotatable bonds is 8. The van der Waals surface area contributed by atoms with Crippen LogP contribution < -0.4 is 16.4 Å². The van der Waals surface area contributed by atoms with Gasteiger partial charge in [-0.2, -0.15) is 5.26 Å². The molecule has 0 aliphatic heterocycles. The fourth-order valence-electron chi connectivity index (χ4n) is 2.12. The van der Waals surface area contributed by atoms with Crippen molar-refractivity contribution in [3.05, 3.63) is 35.6 Å². The number of benzene rings is 1. The van der Waals surface area contributed by atoms with Gasteiger partial charge in [-0.15, -0.1) is 0 Å². The van der Waals surface area contributed by atoms with E-state index in [1.54, 1.807) is 6.07 Å². The largest absolute Gasteiger partial charge is 0.368 e. The van der Waals surface area contributed by atoms with Crippen LogP contribution in [0, 0.1) is 17.1 Å². The molecular formula is C16H19FN4O3. The second-order valence-electron chi connectivity index (χ2n) is 5.25. The predicted octanol–water partition coefficient (Wildman–Crippen LogP) is 0.147. The van der Waals surface area contributed by atoms with Crippen LogP contribution >= 0.6 is 0 Å². The summed E-state index contributed by atoms with van der Waals surface area (Å²) in [5.74, 6) is -2.31. The molecule has 0 aliphatic carbocycles. The summed E-state index contributed by atoms with van der Waals surface area (Å²) in [6.07, 6.45) is 0.166. The number of primary amides is 1. The summed E-state index contributed by atoms with van der Waals surface area (Å²) in [6, 6.07) is 5.49. The van der Waals surface area contributed by atoms with Crippen LogP contribution in [0.1, 0.15) is 25.3 Å². The molecule has 0 saturated carbocycles. The van der Waals surface area contributed by atoms with E-state index in [2.05, 4.69) is 10.6 Å². The van der Waals surface area contributed by atoms with E-state index in [4.69, 9.17) is 11.0 Å². The Morgan fingerprint density at radius 3 is 2.54 bits per heavy atom. The molecule has 0 saturated heterocycles. The lowest BCUT2D eigenvalue weighted by Crippen LogP contribution is -2.53. The van der Waals surface area contributed by atoms with E-state index in [0.717, 1.165) is 0 Å². The van der Waals surface area contributed by atoms with Crippen LogP contribution in [0.4, 0.5) is 4.39 Å². The van der Waals surface area contributed by atoms with E-state index < -0.39 is 35.6 Å². The van der Waals surface area contributed by atoms with Crippen LogP contribution in [0.3, 0.4) is 0 Å². The SMILES string of the molecule is CC(=O)N[C@@H](Cc1cccc(F)c1)C(=O)N[C@@H](CCC#N)C(N)=O. The summed E-state index contributed by atoms with van der Waals surface area (Å²) in [4.78, 5) is 35.0. The number of carbonyl (C=O) groups is 3. The predicted molar refractivity (Wildman–Crippen MR) is 83.7 cm³/mol. The molecule has 1 aromatic carbocycles. The molecule has 128 valence electrons. The van der Waals surface area contributed by atoms with Crippen LogP contribution in [-0.2, 0) is 20.8 Å². The van der Waals surface area contributed by atoms with Crippen molar-refractivity contribution in [3.8, 4) is 6.07 Å². The highest BCUT2D eigenvalue weighted by molar-refractivity contribution is 5.91. The molecule has 0 radical (unpaired) electrons. The Labute approximate surface area is 139 Å². The zero-order valence-corrected chi connectivity index (χ0v) is 13.2. The van der Waals surface area contributed by atoms with Gasteiger partial charge in [0, 0.05) is 19.8 Å². The summed E-state index contributed by atoms with van der Waals surface area (Å²) < 4.78 is 13.3. The molecule has 4 N–H and O–H groups in total. The maximum atomic E-state index is 13.3. The molecule has 0 fully saturated rings. The molecular weight excluding hydrogens is 315 g/mol. The van der Waals surface area contributed by atoms with Crippen LogP contribution in [0.25, 0.3) is 0 Å². The van der Waals surface area contributed by atoms with Gasteiger partial charge in [0.05, 0.1) is 6.07 Å². The zero-order chi connectivity index (χ0) is 18.1. The molecule has 24 heavy (non-hydrogen) atoms. The number of amides is 3. The topological polar surface area (TPSA) is 125 Å². The molecule has 0 bridgehead atoms. The van der Waals surface area contributed by atoms with Gasteiger partial charge in [-0.3, -0.25) is 14.4 Å². The van der Waals surface area contributed by atoms with Crippen molar-refractivity contribution < 1.29 is 18.8 Å². The molecule has 0 unspecified atom stereocenters. The van der Waals surface area contributed by atoms with Crippen molar-refractivity contribution in [1.82, 2.24) is 10.6 Å². The first-order chi connectivity index (χ1) is 11.3. The fourth-order valence-corrected chi connectivity index (χ4v) is 2.12. The van der Waals surface area contributed by atoms with Crippen molar-refractivity contribution in [2.75, 3.05) is 0 Å². The minimum atomic E-state index is -1.01. The normalized spacial score (nSPS) is 12.5. The summed E-state index contributed by atoms with van der Waals surface area (Å²) >= 11 is 0. The van der Waals surface area contributed by atoms with Gasteiger partial charge in [0.25, 0.3) is 0 Å². The van der Waals surface area contributed by atoms with Gasteiger partial charge in [0.15, 0.2) is 0 Å². The van der Waals surface area contributed by atoms with Crippen LogP contribution in [0.5, 0.6) is 0 Å². The Morgan fingerprint density at radius 2 is 2.00 bits per heavy atom. The number of nitrogens with two attached hydrogens (primary N) is 1. The molecule has 0 aromatic heterocycles. The first-order valence-corrected chi connectivity index (χ1v) is 7.31. The first-order valence-electron chi connectivity index (χ1n) is 7.31. The van der Waals surface area contributed by atoms with E-state index in [1.165, 1.54) is 25.1 Å². The molecule has 0 heterocycles. The number of nitrogens with one attached hydrogen (secondary N) is 2. The number of nitriles is 1. The third-order valence-electron chi connectivity index (χ3n) is 3.23. The average Bonchev–Trinajstić information content (AvgIpc) is 2.49. The van der Waals surface area contributed by atoms with Crippen molar-refractivity contribution in [3.63, 3.8) is 0 Å². The molecule has 1 aromatic rings. The standard InChI is InChI=1S/C16H19FN4O3/c1-10(22)20-14(9-11-4-2-5-12(17)8-11)16(24)21-13(15(19)23)6-3-7-18/h2,4-5,8,13-14H,3,6,9H2,1H3,(H2,19,23)(H,20,22)(H,21,24)/t13-,14-/m0/s1. The highest BCUT2D eigenvalue weighted by Gasteiger charge is 2.25. The Bertz CT molecular complexity index is 657. The second-order valence-corrected chi connectivity index (χ2v) is 5.25. The fraction of sp³-hybridized carbons (Fsp3) is 0.375. The van der Waals surface area contributed by atoms with Crippen molar-refractivity contribution in [2.24, 2.45) is 5.73 Å². The van der Waals surface area contributed by atoms with E-state index in [-0.39, 0.29) is 19.3 Å². The molecule has 1 rings (SSSR count). The zero-order valence-electron chi connectivity index (χ0n) is 13.2. The minimum absolute atomic E-state index is 0.0442. The van der Waals surface area contributed by atoms with Crippen LogP contribution in [0.15, 0.2) is 24.3 Å². The molecule has 8 heteroatoms. The molecule has 3 amide bonds. The third-order valence-corrected chi connectivity index (χ3v) is 3.23. The molecule has 7 nitrogen and oxygen atoms in total.